The second-order valence-electron chi connectivity index (χ2n) is 5.06. The molecule has 0 aliphatic heterocycles. The number of thioether (sulfide) groups is 1. The van der Waals surface area contributed by atoms with Gasteiger partial charge in [-0.3, -0.25) is 4.79 Å². The van der Waals surface area contributed by atoms with Gasteiger partial charge in [-0.05, 0) is 25.1 Å². The summed E-state index contributed by atoms with van der Waals surface area (Å²) in [4.78, 5) is 22.7. The zero-order valence-corrected chi connectivity index (χ0v) is 14.7. The summed E-state index contributed by atoms with van der Waals surface area (Å²) in [5, 5.41) is 4.49. The van der Waals surface area contributed by atoms with E-state index in [-0.39, 0.29) is 5.56 Å². The number of nitrogens with one attached hydrogen (secondary N) is 1. The fourth-order valence-electron chi connectivity index (χ4n) is 2.16. The maximum absolute atomic E-state index is 11.5. The SMILES string of the molecule is COc1ccc(OC)c(-c2noc(CSc3nc(C)cc(=O)[nH]3)n2)c1. The van der Waals surface area contributed by atoms with Crippen molar-refractivity contribution in [2.24, 2.45) is 0 Å². The van der Waals surface area contributed by atoms with Gasteiger partial charge in [-0.25, -0.2) is 4.98 Å². The Labute approximate surface area is 147 Å². The first-order valence-corrected chi connectivity index (χ1v) is 8.33. The third-order valence-corrected chi connectivity index (χ3v) is 4.15. The van der Waals surface area contributed by atoms with Crippen molar-refractivity contribution >= 4 is 11.8 Å². The number of rotatable bonds is 6. The van der Waals surface area contributed by atoms with E-state index in [1.54, 1.807) is 39.3 Å². The van der Waals surface area contributed by atoms with E-state index in [9.17, 15) is 4.79 Å². The summed E-state index contributed by atoms with van der Waals surface area (Å²) in [6.45, 7) is 1.76. The quantitative estimate of drug-likeness (QED) is 0.528. The van der Waals surface area contributed by atoms with Crippen molar-refractivity contribution in [2.45, 2.75) is 17.8 Å². The van der Waals surface area contributed by atoms with E-state index in [1.165, 1.54) is 17.8 Å². The molecular weight excluding hydrogens is 344 g/mol. The number of H-pyrrole nitrogens is 1. The highest BCUT2D eigenvalue weighted by atomic mass is 32.2. The van der Waals surface area contributed by atoms with Gasteiger partial charge in [-0.2, -0.15) is 4.98 Å². The zero-order chi connectivity index (χ0) is 17.8. The van der Waals surface area contributed by atoms with Crippen LogP contribution in [0.4, 0.5) is 0 Å². The standard InChI is InChI=1S/C16H16N4O4S/c1-9-6-13(21)18-16(17-9)25-8-14-19-15(20-24-14)11-7-10(22-2)4-5-12(11)23-3/h4-7H,8H2,1-3H3,(H,17,18,21). The van der Waals surface area contributed by atoms with Gasteiger partial charge in [0, 0.05) is 11.8 Å². The lowest BCUT2D eigenvalue weighted by molar-refractivity contribution is 0.389. The lowest BCUT2D eigenvalue weighted by Gasteiger charge is -2.07. The van der Waals surface area contributed by atoms with E-state index in [0.717, 1.165) is 0 Å². The molecule has 9 heteroatoms. The van der Waals surface area contributed by atoms with E-state index in [0.29, 0.717) is 45.4 Å². The highest BCUT2D eigenvalue weighted by molar-refractivity contribution is 7.98. The Hall–Kier alpha value is -2.81. The fraction of sp³-hybridized carbons (Fsp3) is 0.250. The second kappa shape index (κ2) is 7.39. The molecule has 1 N–H and O–H groups in total. The topological polar surface area (TPSA) is 103 Å². The third-order valence-electron chi connectivity index (χ3n) is 3.30. The van der Waals surface area contributed by atoms with Crippen molar-refractivity contribution in [1.29, 1.82) is 0 Å². The molecule has 0 atom stereocenters. The second-order valence-corrected chi connectivity index (χ2v) is 6.02. The van der Waals surface area contributed by atoms with Gasteiger partial charge in [0.2, 0.25) is 11.7 Å². The van der Waals surface area contributed by atoms with Gasteiger partial charge >= 0.3 is 0 Å². The molecule has 0 bridgehead atoms. The van der Waals surface area contributed by atoms with E-state index in [2.05, 4.69) is 20.1 Å². The van der Waals surface area contributed by atoms with Crippen LogP contribution in [0, 0.1) is 6.92 Å². The Balaban J connectivity index is 1.79. The van der Waals surface area contributed by atoms with Crippen LogP contribution in [0.5, 0.6) is 11.5 Å². The van der Waals surface area contributed by atoms with Gasteiger partial charge in [-0.15, -0.1) is 0 Å². The van der Waals surface area contributed by atoms with Crippen molar-refractivity contribution in [3.8, 4) is 22.9 Å². The molecule has 0 aliphatic rings. The van der Waals surface area contributed by atoms with Crippen molar-refractivity contribution < 1.29 is 14.0 Å². The van der Waals surface area contributed by atoms with Crippen LogP contribution < -0.4 is 15.0 Å². The normalized spacial score (nSPS) is 10.7. The number of hydrogen-bond acceptors (Lipinski definition) is 8. The van der Waals surface area contributed by atoms with Crippen molar-refractivity contribution in [2.75, 3.05) is 14.2 Å². The van der Waals surface area contributed by atoms with Crippen LogP contribution in [-0.4, -0.2) is 34.3 Å². The molecule has 0 saturated carbocycles. The van der Waals surface area contributed by atoms with Crippen molar-refractivity contribution in [1.82, 2.24) is 20.1 Å². The Kier molecular flexibility index (Phi) is 5.03. The molecule has 2 aromatic heterocycles. The number of methoxy groups -OCH3 is 2. The molecule has 0 amide bonds. The van der Waals surface area contributed by atoms with Gasteiger partial charge in [0.1, 0.15) is 11.5 Å². The number of nitrogens with zero attached hydrogens (tertiary/aromatic N) is 3. The van der Waals surface area contributed by atoms with Gasteiger partial charge in [-0.1, -0.05) is 16.9 Å². The Bertz CT molecular complexity index is 938. The Morgan fingerprint density at radius 3 is 2.76 bits per heavy atom. The smallest absolute Gasteiger partial charge is 0.251 e. The maximum Gasteiger partial charge on any atom is 0.251 e. The van der Waals surface area contributed by atoms with E-state index < -0.39 is 0 Å². The molecule has 3 rings (SSSR count). The predicted molar refractivity (Wildman–Crippen MR) is 92.0 cm³/mol. The van der Waals surface area contributed by atoms with E-state index in [4.69, 9.17) is 14.0 Å². The lowest BCUT2D eigenvalue weighted by atomic mass is 10.2. The molecule has 0 radical (unpaired) electrons. The average molecular weight is 360 g/mol. The van der Waals surface area contributed by atoms with Crippen molar-refractivity contribution in [3.63, 3.8) is 0 Å². The number of aromatic nitrogens is 4. The molecule has 0 spiro atoms. The van der Waals surface area contributed by atoms with Crippen LogP contribution in [0.3, 0.4) is 0 Å². The van der Waals surface area contributed by atoms with E-state index in [1.807, 2.05) is 0 Å². The van der Waals surface area contributed by atoms with Crippen LogP contribution in [0.1, 0.15) is 11.6 Å². The minimum atomic E-state index is -0.192. The van der Waals surface area contributed by atoms with Crippen LogP contribution in [0.2, 0.25) is 0 Å². The number of aryl methyl sites for hydroxylation is 1. The number of aromatic amines is 1. The number of ether oxygens (including phenoxy) is 2. The largest absolute Gasteiger partial charge is 0.497 e. The molecule has 2 heterocycles. The first-order chi connectivity index (χ1) is 12.1. The highest BCUT2D eigenvalue weighted by Crippen LogP contribution is 2.32. The Morgan fingerprint density at radius 2 is 2.04 bits per heavy atom. The van der Waals surface area contributed by atoms with Gasteiger partial charge in [0.05, 0.1) is 25.5 Å². The first-order valence-electron chi connectivity index (χ1n) is 7.35. The zero-order valence-electron chi connectivity index (χ0n) is 13.9. The minimum absolute atomic E-state index is 0.192. The summed E-state index contributed by atoms with van der Waals surface area (Å²) < 4.78 is 15.8. The van der Waals surface area contributed by atoms with Crippen LogP contribution in [0.25, 0.3) is 11.4 Å². The van der Waals surface area contributed by atoms with Crippen LogP contribution in [0.15, 0.2) is 38.7 Å². The molecule has 8 nitrogen and oxygen atoms in total. The molecule has 0 unspecified atom stereocenters. The molecule has 0 saturated heterocycles. The van der Waals surface area contributed by atoms with Gasteiger partial charge in [0.15, 0.2) is 5.16 Å². The monoisotopic (exact) mass is 360 g/mol. The summed E-state index contributed by atoms with van der Waals surface area (Å²) in [5.41, 5.74) is 1.13. The van der Waals surface area contributed by atoms with Crippen molar-refractivity contribution in [3.05, 3.63) is 46.2 Å². The summed E-state index contributed by atoms with van der Waals surface area (Å²) in [5.74, 6) is 2.47. The molecule has 1 aromatic carbocycles. The summed E-state index contributed by atoms with van der Waals surface area (Å²) in [6.07, 6.45) is 0. The van der Waals surface area contributed by atoms with Crippen LogP contribution >= 0.6 is 11.8 Å². The predicted octanol–water partition coefficient (Wildman–Crippen LogP) is 2.44. The highest BCUT2D eigenvalue weighted by Gasteiger charge is 2.15. The fourth-order valence-corrected chi connectivity index (χ4v) is 2.92. The average Bonchev–Trinajstić information content (AvgIpc) is 3.07. The molecule has 0 fully saturated rings. The molecular formula is C16H16N4O4S. The molecule has 130 valence electrons. The number of hydrogen-bond donors (Lipinski definition) is 1. The van der Waals surface area contributed by atoms with E-state index >= 15 is 0 Å². The lowest BCUT2D eigenvalue weighted by Crippen LogP contribution is -2.08. The van der Waals surface area contributed by atoms with Gasteiger partial charge < -0.3 is 19.0 Å². The third kappa shape index (κ3) is 4.00. The minimum Gasteiger partial charge on any atom is -0.497 e. The molecule has 25 heavy (non-hydrogen) atoms. The van der Waals surface area contributed by atoms with Crippen LogP contribution in [-0.2, 0) is 5.75 Å². The number of benzene rings is 1. The summed E-state index contributed by atoms with van der Waals surface area (Å²) in [7, 11) is 3.15. The van der Waals surface area contributed by atoms with Gasteiger partial charge in [0.25, 0.3) is 5.56 Å². The first kappa shape index (κ1) is 17.0. The molecule has 0 aliphatic carbocycles. The Morgan fingerprint density at radius 1 is 1.20 bits per heavy atom. The molecule has 3 aromatic rings. The summed E-state index contributed by atoms with van der Waals surface area (Å²) >= 11 is 1.31. The maximum atomic E-state index is 11.5. The summed E-state index contributed by atoms with van der Waals surface area (Å²) in [6, 6.07) is 6.78.